The summed E-state index contributed by atoms with van der Waals surface area (Å²) in [6.07, 6.45) is 1.38. The second-order valence-electron chi connectivity index (χ2n) is 5.96. The Balaban J connectivity index is 1.87. The third-order valence-corrected chi connectivity index (χ3v) is 4.15. The fraction of sp³-hybridized carbons (Fsp3) is 0.412. The quantitative estimate of drug-likeness (QED) is 0.754. The van der Waals surface area contributed by atoms with Crippen LogP contribution in [0.5, 0.6) is 11.5 Å². The van der Waals surface area contributed by atoms with Crippen molar-refractivity contribution in [2.75, 3.05) is 14.2 Å². The predicted molar refractivity (Wildman–Crippen MR) is 90.1 cm³/mol. The summed E-state index contributed by atoms with van der Waals surface area (Å²) in [5.41, 5.74) is 0.900. The van der Waals surface area contributed by atoms with E-state index in [1.165, 1.54) is 4.68 Å². The maximum absolute atomic E-state index is 11.5. The van der Waals surface area contributed by atoms with Crippen LogP contribution in [0.1, 0.15) is 36.1 Å². The lowest BCUT2D eigenvalue weighted by molar-refractivity contribution is -0.138. The van der Waals surface area contributed by atoms with Crippen LogP contribution >= 0.6 is 0 Å². The van der Waals surface area contributed by atoms with Crippen molar-refractivity contribution in [3.63, 3.8) is 0 Å². The van der Waals surface area contributed by atoms with Gasteiger partial charge in [0, 0.05) is 12.8 Å². The van der Waals surface area contributed by atoms with Crippen molar-refractivity contribution in [1.82, 2.24) is 20.1 Å². The average molecular weight is 360 g/mol. The molecule has 0 saturated carbocycles. The zero-order valence-corrected chi connectivity index (χ0v) is 14.6. The fourth-order valence-corrected chi connectivity index (χ4v) is 2.96. The van der Waals surface area contributed by atoms with Gasteiger partial charge in [-0.3, -0.25) is 9.59 Å². The third kappa shape index (κ3) is 3.76. The Hall–Kier alpha value is -3.10. The normalized spacial score (nSPS) is 16.4. The molecule has 9 heteroatoms. The van der Waals surface area contributed by atoms with Crippen molar-refractivity contribution in [2.24, 2.45) is 0 Å². The smallest absolute Gasteiger partial charge is 0.325 e. The van der Waals surface area contributed by atoms with Crippen LogP contribution in [0.2, 0.25) is 0 Å². The number of carbonyl (C=O) groups is 2. The van der Waals surface area contributed by atoms with Crippen molar-refractivity contribution < 1.29 is 24.2 Å². The summed E-state index contributed by atoms with van der Waals surface area (Å²) in [6.45, 7) is -0.305. The van der Waals surface area contributed by atoms with E-state index < -0.39 is 5.97 Å². The number of hydrogen-bond acceptors (Lipinski definition) is 6. The highest BCUT2D eigenvalue weighted by Crippen LogP contribution is 2.28. The number of rotatable bonds is 7. The van der Waals surface area contributed by atoms with Gasteiger partial charge in [-0.2, -0.15) is 5.10 Å². The molecule has 9 nitrogen and oxygen atoms in total. The van der Waals surface area contributed by atoms with E-state index in [1.807, 2.05) is 12.1 Å². The number of amides is 1. The van der Waals surface area contributed by atoms with Gasteiger partial charge in [0.2, 0.25) is 5.91 Å². The summed E-state index contributed by atoms with van der Waals surface area (Å²) >= 11 is 0. The molecule has 0 unspecified atom stereocenters. The molecule has 1 saturated heterocycles. The van der Waals surface area contributed by atoms with Gasteiger partial charge in [-0.1, -0.05) is 6.07 Å². The molecular formula is C17H20N4O5. The highest BCUT2D eigenvalue weighted by Gasteiger charge is 2.28. The van der Waals surface area contributed by atoms with E-state index in [0.717, 1.165) is 5.56 Å². The first-order chi connectivity index (χ1) is 12.5. The second kappa shape index (κ2) is 7.42. The molecule has 138 valence electrons. The van der Waals surface area contributed by atoms with Crippen LogP contribution in [-0.4, -0.2) is 46.0 Å². The fourth-order valence-electron chi connectivity index (χ4n) is 2.96. The van der Waals surface area contributed by atoms with E-state index in [0.29, 0.717) is 42.4 Å². The Labute approximate surface area is 149 Å². The number of nitrogens with one attached hydrogen (secondary N) is 1. The number of ether oxygens (including phenoxy) is 2. The van der Waals surface area contributed by atoms with Gasteiger partial charge in [-0.15, -0.1) is 0 Å². The van der Waals surface area contributed by atoms with Crippen LogP contribution < -0.4 is 14.8 Å². The zero-order chi connectivity index (χ0) is 18.7. The zero-order valence-electron chi connectivity index (χ0n) is 14.6. The van der Waals surface area contributed by atoms with Gasteiger partial charge in [0.25, 0.3) is 0 Å². The third-order valence-electron chi connectivity index (χ3n) is 4.15. The van der Waals surface area contributed by atoms with Gasteiger partial charge < -0.3 is 19.9 Å². The molecule has 0 spiro atoms. The Bertz CT molecular complexity index is 833. The van der Waals surface area contributed by atoms with Gasteiger partial charge in [-0.05, 0) is 24.1 Å². The lowest BCUT2D eigenvalue weighted by Gasteiger charge is -2.09. The molecule has 0 radical (unpaired) electrons. The number of carbonyl (C=O) groups excluding carboxylic acids is 1. The summed E-state index contributed by atoms with van der Waals surface area (Å²) in [4.78, 5) is 27.1. The topological polar surface area (TPSA) is 116 Å². The largest absolute Gasteiger partial charge is 0.493 e. The number of hydrogen-bond donors (Lipinski definition) is 2. The monoisotopic (exact) mass is 360 g/mol. The summed E-state index contributed by atoms with van der Waals surface area (Å²) in [6, 6.07) is 5.18. The molecular weight excluding hydrogens is 340 g/mol. The standard InChI is InChI=1S/C17H20N4O5/c1-25-12-5-3-10(7-13(12)26-2)8-14-19-17(11-4-6-15(22)18-11)21(20-14)9-16(23)24/h3,5,7,11H,4,6,8-9H2,1-2H3,(H,18,22)(H,23,24)/t11-/m0/s1. The molecule has 0 bridgehead atoms. The number of aliphatic carboxylic acids is 1. The van der Waals surface area contributed by atoms with Crippen molar-refractivity contribution in [3.05, 3.63) is 35.4 Å². The summed E-state index contributed by atoms with van der Waals surface area (Å²) in [5.74, 6) is 1.08. The van der Waals surface area contributed by atoms with E-state index >= 15 is 0 Å². The van der Waals surface area contributed by atoms with E-state index in [2.05, 4.69) is 15.4 Å². The van der Waals surface area contributed by atoms with E-state index in [-0.39, 0.29) is 18.5 Å². The number of carboxylic acid groups (broad SMARTS) is 1. The number of carboxylic acids is 1. The van der Waals surface area contributed by atoms with Crippen molar-refractivity contribution in [3.8, 4) is 11.5 Å². The van der Waals surface area contributed by atoms with Crippen molar-refractivity contribution in [2.45, 2.75) is 31.8 Å². The van der Waals surface area contributed by atoms with Crippen LogP contribution in [0, 0.1) is 0 Å². The van der Waals surface area contributed by atoms with Crippen LogP contribution in [0.3, 0.4) is 0 Å². The molecule has 1 aromatic carbocycles. The molecule has 0 aliphatic carbocycles. The molecule has 1 aliphatic heterocycles. The Kier molecular flexibility index (Phi) is 5.06. The minimum atomic E-state index is -1.02. The lowest BCUT2D eigenvalue weighted by atomic mass is 10.1. The molecule has 2 aromatic rings. The molecule has 1 aliphatic rings. The number of nitrogens with zero attached hydrogens (tertiary/aromatic N) is 3. The first kappa shape index (κ1) is 17.7. The molecule has 3 rings (SSSR count). The number of benzene rings is 1. The van der Waals surface area contributed by atoms with Gasteiger partial charge in [0.15, 0.2) is 17.3 Å². The van der Waals surface area contributed by atoms with Crippen LogP contribution in [0.4, 0.5) is 0 Å². The first-order valence-electron chi connectivity index (χ1n) is 8.16. The van der Waals surface area contributed by atoms with E-state index in [4.69, 9.17) is 14.6 Å². The van der Waals surface area contributed by atoms with E-state index in [1.54, 1.807) is 20.3 Å². The lowest BCUT2D eigenvalue weighted by Crippen LogP contribution is -2.23. The van der Waals surface area contributed by atoms with Gasteiger partial charge >= 0.3 is 5.97 Å². The molecule has 1 atom stereocenters. The number of aromatic nitrogens is 3. The maximum atomic E-state index is 11.5. The minimum Gasteiger partial charge on any atom is -0.493 e. The Morgan fingerprint density at radius 3 is 2.73 bits per heavy atom. The summed E-state index contributed by atoms with van der Waals surface area (Å²) in [5, 5.41) is 16.2. The molecule has 1 fully saturated rings. The Morgan fingerprint density at radius 2 is 2.12 bits per heavy atom. The second-order valence-corrected chi connectivity index (χ2v) is 5.96. The van der Waals surface area contributed by atoms with Crippen LogP contribution in [0.15, 0.2) is 18.2 Å². The van der Waals surface area contributed by atoms with Crippen molar-refractivity contribution in [1.29, 1.82) is 0 Å². The van der Waals surface area contributed by atoms with Crippen molar-refractivity contribution >= 4 is 11.9 Å². The highest BCUT2D eigenvalue weighted by atomic mass is 16.5. The SMILES string of the molecule is COc1ccc(Cc2nc([C@@H]3CCC(=O)N3)n(CC(=O)O)n2)cc1OC. The van der Waals surface area contributed by atoms with Gasteiger partial charge in [-0.25, -0.2) is 9.67 Å². The van der Waals surface area contributed by atoms with E-state index in [9.17, 15) is 9.59 Å². The molecule has 2 N–H and O–H groups in total. The molecule has 26 heavy (non-hydrogen) atoms. The highest BCUT2D eigenvalue weighted by molar-refractivity contribution is 5.78. The van der Waals surface area contributed by atoms with Crippen LogP contribution in [-0.2, 0) is 22.6 Å². The molecule has 1 aromatic heterocycles. The molecule has 2 heterocycles. The first-order valence-corrected chi connectivity index (χ1v) is 8.16. The Morgan fingerprint density at radius 1 is 1.35 bits per heavy atom. The predicted octanol–water partition coefficient (Wildman–Crippen LogP) is 0.922. The van der Waals surface area contributed by atoms with Gasteiger partial charge in [0.1, 0.15) is 12.4 Å². The van der Waals surface area contributed by atoms with Crippen LogP contribution in [0.25, 0.3) is 0 Å². The summed E-state index contributed by atoms with van der Waals surface area (Å²) in [7, 11) is 3.12. The maximum Gasteiger partial charge on any atom is 0.325 e. The van der Waals surface area contributed by atoms with Gasteiger partial charge in [0.05, 0.1) is 20.3 Å². The summed E-state index contributed by atoms with van der Waals surface area (Å²) < 4.78 is 11.9. The minimum absolute atomic E-state index is 0.0682. The number of methoxy groups -OCH3 is 2. The average Bonchev–Trinajstić information content (AvgIpc) is 3.20. The molecule has 1 amide bonds.